The summed E-state index contributed by atoms with van der Waals surface area (Å²) >= 11 is 0. The summed E-state index contributed by atoms with van der Waals surface area (Å²) in [5.74, 6) is -0.0272. The highest BCUT2D eigenvalue weighted by Gasteiger charge is 2.49. The van der Waals surface area contributed by atoms with Crippen LogP contribution in [-0.4, -0.2) is 16.5 Å². The summed E-state index contributed by atoms with van der Waals surface area (Å²) in [5, 5.41) is 10.1. The van der Waals surface area contributed by atoms with Crippen molar-refractivity contribution < 1.29 is 9.90 Å². The van der Waals surface area contributed by atoms with Crippen LogP contribution in [0, 0.1) is 11.3 Å². The van der Waals surface area contributed by atoms with Gasteiger partial charge in [0.15, 0.2) is 0 Å². The lowest BCUT2D eigenvalue weighted by Crippen LogP contribution is -2.53. The lowest BCUT2D eigenvalue weighted by Gasteiger charge is -2.47. The Morgan fingerprint density at radius 1 is 1.42 bits per heavy atom. The van der Waals surface area contributed by atoms with Crippen LogP contribution < -0.4 is 0 Å². The second-order valence-corrected chi connectivity index (χ2v) is 4.72. The summed E-state index contributed by atoms with van der Waals surface area (Å²) in [6.07, 6.45) is 1.41. The summed E-state index contributed by atoms with van der Waals surface area (Å²) in [6, 6.07) is 0. The molecule has 0 heterocycles. The SMILES string of the molecule is CC1C(=O)CCC(C)(C)C1(C)O. The Kier molecular flexibility index (Phi) is 2.07. The van der Waals surface area contributed by atoms with Crippen LogP contribution in [0.15, 0.2) is 0 Å². The summed E-state index contributed by atoms with van der Waals surface area (Å²) < 4.78 is 0. The van der Waals surface area contributed by atoms with Gasteiger partial charge in [-0.2, -0.15) is 0 Å². The predicted octanol–water partition coefficient (Wildman–Crippen LogP) is 1.76. The van der Waals surface area contributed by atoms with Crippen molar-refractivity contribution >= 4 is 5.78 Å². The van der Waals surface area contributed by atoms with Crippen molar-refractivity contribution in [3.8, 4) is 0 Å². The Morgan fingerprint density at radius 3 is 2.33 bits per heavy atom. The van der Waals surface area contributed by atoms with E-state index in [4.69, 9.17) is 0 Å². The van der Waals surface area contributed by atoms with Gasteiger partial charge < -0.3 is 5.11 Å². The van der Waals surface area contributed by atoms with E-state index in [1.54, 1.807) is 6.92 Å². The highest BCUT2D eigenvalue weighted by Crippen LogP contribution is 2.44. The van der Waals surface area contributed by atoms with Gasteiger partial charge >= 0.3 is 0 Å². The molecule has 70 valence electrons. The molecule has 1 aliphatic carbocycles. The third-order valence-corrected chi connectivity index (χ3v) is 3.69. The van der Waals surface area contributed by atoms with Crippen molar-refractivity contribution in [3.05, 3.63) is 0 Å². The van der Waals surface area contributed by atoms with E-state index in [1.807, 2.05) is 20.8 Å². The number of hydrogen-bond donors (Lipinski definition) is 1. The van der Waals surface area contributed by atoms with Gasteiger partial charge in [-0.1, -0.05) is 20.8 Å². The highest BCUT2D eigenvalue weighted by atomic mass is 16.3. The molecule has 0 aromatic heterocycles. The summed E-state index contributed by atoms with van der Waals surface area (Å²) in [7, 11) is 0. The fourth-order valence-corrected chi connectivity index (χ4v) is 1.80. The summed E-state index contributed by atoms with van der Waals surface area (Å²) in [6.45, 7) is 7.64. The number of Topliss-reactive ketones (excluding diaryl/α,β-unsaturated/α-hetero) is 1. The van der Waals surface area contributed by atoms with E-state index in [2.05, 4.69) is 0 Å². The first-order valence-electron chi connectivity index (χ1n) is 4.54. The number of hydrogen-bond acceptors (Lipinski definition) is 2. The van der Waals surface area contributed by atoms with E-state index in [-0.39, 0.29) is 17.1 Å². The van der Waals surface area contributed by atoms with Crippen LogP contribution in [0.1, 0.15) is 40.5 Å². The lowest BCUT2D eigenvalue weighted by atomic mass is 9.61. The quantitative estimate of drug-likeness (QED) is 0.601. The molecule has 12 heavy (non-hydrogen) atoms. The van der Waals surface area contributed by atoms with Gasteiger partial charge in [0.2, 0.25) is 0 Å². The fraction of sp³-hybridized carbons (Fsp3) is 0.900. The van der Waals surface area contributed by atoms with E-state index in [9.17, 15) is 9.90 Å². The molecule has 0 saturated heterocycles. The van der Waals surface area contributed by atoms with Gasteiger partial charge in [-0.3, -0.25) is 4.79 Å². The first-order valence-corrected chi connectivity index (χ1v) is 4.54. The van der Waals surface area contributed by atoms with E-state index >= 15 is 0 Å². The van der Waals surface area contributed by atoms with Crippen molar-refractivity contribution in [1.82, 2.24) is 0 Å². The summed E-state index contributed by atoms with van der Waals surface area (Å²) in [4.78, 5) is 11.3. The van der Waals surface area contributed by atoms with Gasteiger partial charge in [0, 0.05) is 12.3 Å². The Morgan fingerprint density at radius 2 is 1.92 bits per heavy atom. The minimum absolute atomic E-state index is 0.139. The molecule has 2 nitrogen and oxygen atoms in total. The average molecular weight is 170 g/mol. The highest BCUT2D eigenvalue weighted by molar-refractivity contribution is 5.83. The zero-order chi connectivity index (χ0) is 9.57. The standard InChI is InChI=1S/C10H18O2/c1-7-8(11)5-6-9(2,3)10(7,4)12/h7,12H,5-6H2,1-4H3. The third-order valence-electron chi connectivity index (χ3n) is 3.69. The van der Waals surface area contributed by atoms with E-state index in [0.29, 0.717) is 6.42 Å². The van der Waals surface area contributed by atoms with Gasteiger partial charge in [-0.15, -0.1) is 0 Å². The largest absolute Gasteiger partial charge is 0.389 e. The minimum atomic E-state index is -0.845. The Bertz CT molecular complexity index is 204. The monoisotopic (exact) mass is 170 g/mol. The molecule has 1 saturated carbocycles. The molecule has 0 aromatic carbocycles. The molecule has 0 amide bonds. The predicted molar refractivity (Wildman–Crippen MR) is 47.8 cm³/mol. The molecule has 0 aromatic rings. The van der Waals surface area contributed by atoms with Crippen LogP contribution in [0.2, 0.25) is 0 Å². The molecule has 1 aliphatic rings. The number of rotatable bonds is 0. The first kappa shape index (κ1) is 9.72. The molecule has 1 fully saturated rings. The molecule has 0 radical (unpaired) electrons. The second kappa shape index (κ2) is 2.56. The minimum Gasteiger partial charge on any atom is -0.389 e. The fourth-order valence-electron chi connectivity index (χ4n) is 1.80. The molecule has 0 aliphatic heterocycles. The molecular formula is C10H18O2. The van der Waals surface area contributed by atoms with Crippen LogP contribution in [0.25, 0.3) is 0 Å². The van der Waals surface area contributed by atoms with Crippen molar-refractivity contribution in [2.45, 2.75) is 46.1 Å². The van der Waals surface area contributed by atoms with Gasteiger partial charge in [-0.25, -0.2) is 0 Å². The van der Waals surface area contributed by atoms with Gasteiger partial charge in [0.25, 0.3) is 0 Å². The zero-order valence-corrected chi connectivity index (χ0v) is 8.35. The third kappa shape index (κ3) is 1.18. The van der Waals surface area contributed by atoms with Crippen molar-refractivity contribution in [2.24, 2.45) is 11.3 Å². The molecule has 1 N–H and O–H groups in total. The molecule has 2 heteroatoms. The average Bonchev–Trinajstić information content (AvgIpc) is 1.96. The van der Waals surface area contributed by atoms with Gasteiger partial charge in [0.05, 0.1) is 5.60 Å². The van der Waals surface area contributed by atoms with Gasteiger partial charge in [0.1, 0.15) is 5.78 Å². The maximum absolute atomic E-state index is 11.3. The maximum Gasteiger partial charge on any atom is 0.138 e. The lowest BCUT2D eigenvalue weighted by molar-refractivity contribution is -0.154. The van der Waals surface area contributed by atoms with Crippen LogP contribution in [0.5, 0.6) is 0 Å². The van der Waals surface area contributed by atoms with E-state index in [1.165, 1.54) is 0 Å². The number of ketones is 1. The smallest absolute Gasteiger partial charge is 0.138 e. The Labute approximate surface area is 74.0 Å². The van der Waals surface area contributed by atoms with E-state index < -0.39 is 5.60 Å². The normalized spacial score (nSPS) is 41.4. The zero-order valence-electron chi connectivity index (χ0n) is 8.35. The van der Waals surface area contributed by atoms with Crippen molar-refractivity contribution in [3.63, 3.8) is 0 Å². The molecule has 0 bridgehead atoms. The molecule has 0 spiro atoms. The Hall–Kier alpha value is -0.370. The van der Waals surface area contributed by atoms with Crippen LogP contribution in [-0.2, 0) is 4.79 Å². The second-order valence-electron chi connectivity index (χ2n) is 4.72. The number of aliphatic hydroxyl groups is 1. The van der Waals surface area contributed by atoms with Crippen molar-refractivity contribution in [1.29, 1.82) is 0 Å². The molecule has 1 rings (SSSR count). The van der Waals surface area contributed by atoms with Crippen LogP contribution in [0.3, 0.4) is 0 Å². The number of carbonyl (C=O) groups is 1. The Balaban J connectivity index is 2.96. The maximum atomic E-state index is 11.3. The topological polar surface area (TPSA) is 37.3 Å². The van der Waals surface area contributed by atoms with Gasteiger partial charge in [-0.05, 0) is 18.8 Å². The molecule has 2 unspecified atom stereocenters. The summed E-state index contributed by atoms with van der Waals surface area (Å²) in [5.41, 5.74) is -0.983. The van der Waals surface area contributed by atoms with Crippen LogP contribution in [0.4, 0.5) is 0 Å². The van der Waals surface area contributed by atoms with E-state index in [0.717, 1.165) is 6.42 Å². The molecule has 2 atom stereocenters. The molecular weight excluding hydrogens is 152 g/mol. The van der Waals surface area contributed by atoms with Crippen molar-refractivity contribution in [2.75, 3.05) is 0 Å². The number of carbonyl (C=O) groups excluding carboxylic acids is 1. The first-order chi connectivity index (χ1) is 5.29. The van der Waals surface area contributed by atoms with Crippen LogP contribution >= 0.6 is 0 Å².